The molecule has 2 rings (SSSR count). The number of likely N-dealkylation sites (N-methyl/N-ethyl adjacent to an activating group) is 1. The first kappa shape index (κ1) is 13.5. The van der Waals surface area contributed by atoms with Crippen LogP contribution in [0.5, 0.6) is 0 Å². The molecular weight excluding hydrogens is 226 g/mol. The summed E-state index contributed by atoms with van der Waals surface area (Å²) in [6.07, 6.45) is 0.891. The number of rotatable bonds is 4. The van der Waals surface area contributed by atoms with Gasteiger partial charge >= 0.3 is 0 Å². The van der Waals surface area contributed by atoms with Gasteiger partial charge in [0.1, 0.15) is 0 Å². The number of aryl methyl sites for hydroxylation is 1. The van der Waals surface area contributed by atoms with Gasteiger partial charge in [-0.3, -0.25) is 4.90 Å². The van der Waals surface area contributed by atoms with Gasteiger partial charge in [0.25, 0.3) is 0 Å². The highest BCUT2D eigenvalue weighted by atomic mass is 16.5. The maximum atomic E-state index is 10.2. The van der Waals surface area contributed by atoms with Crippen LogP contribution in [0.15, 0.2) is 24.3 Å². The molecule has 0 saturated carbocycles. The zero-order chi connectivity index (χ0) is 13.1. The molecule has 3 nitrogen and oxygen atoms in total. The first-order valence-electron chi connectivity index (χ1n) is 6.64. The number of aliphatic hydroxyl groups is 1. The fourth-order valence-electron chi connectivity index (χ4n) is 2.60. The Kier molecular flexibility index (Phi) is 4.38. The minimum Gasteiger partial charge on any atom is -0.387 e. The van der Waals surface area contributed by atoms with E-state index in [4.69, 9.17) is 4.74 Å². The molecule has 1 aromatic rings. The van der Waals surface area contributed by atoms with Gasteiger partial charge in [0, 0.05) is 19.2 Å². The van der Waals surface area contributed by atoms with Crippen molar-refractivity contribution in [1.29, 1.82) is 0 Å². The molecule has 0 bridgehead atoms. The second-order valence-corrected chi connectivity index (χ2v) is 5.30. The van der Waals surface area contributed by atoms with Crippen LogP contribution in [0, 0.1) is 6.92 Å². The molecule has 3 atom stereocenters. The van der Waals surface area contributed by atoms with Gasteiger partial charge in [0.2, 0.25) is 0 Å². The minimum atomic E-state index is -0.427. The van der Waals surface area contributed by atoms with E-state index < -0.39 is 6.10 Å². The summed E-state index contributed by atoms with van der Waals surface area (Å²) in [6, 6.07) is 8.51. The number of nitrogens with zero attached hydrogens (tertiary/aromatic N) is 1. The van der Waals surface area contributed by atoms with Crippen LogP contribution in [0.3, 0.4) is 0 Å². The van der Waals surface area contributed by atoms with Crippen molar-refractivity contribution in [3.05, 3.63) is 35.4 Å². The van der Waals surface area contributed by atoms with Gasteiger partial charge < -0.3 is 9.84 Å². The van der Waals surface area contributed by atoms with E-state index in [-0.39, 0.29) is 6.10 Å². The fraction of sp³-hybridized carbons (Fsp3) is 0.600. The Balaban J connectivity index is 1.94. The molecule has 1 saturated heterocycles. The molecule has 0 spiro atoms. The van der Waals surface area contributed by atoms with E-state index in [0.717, 1.165) is 18.6 Å². The molecule has 0 aliphatic carbocycles. The van der Waals surface area contributed by atoms with Crippen molar-refractivity contribution < 1.29 is 9.84 Å². The van der Waals surface area contributed by atoms with Crippen molar-refractivity contribution >= 4 is 0 Å². The topological polar surface area (TPSA) is 32.7 Å². The molecule has 1 aromatic carbocycles. The molecule has 3 unspecified atom stereocenters. The van der Waals surface area contributed by atoms with Gasteiger partial charge in [0.15, 0.2) is 0 Å². The van der Waals surface area contributed by atoms with Gasteiger partial charge in [-0.25, -0.2) is 0 Å². The molecule has 0 amide bonds. The lowest BCUT2D eigenvalue weighted by atomic mass is 10.1. The maximum Gasteiger partial charge on any atom is 0.0916 e. The second-order valence-electron chi connectivity index (χ2n) is 5.30. The fourth-order valence-corrected chi connectivity index (χ4v) is 2.60. The molecule has 18 heavy (non-hydrogen) atoms. The number of ether oxygens (including phenoxy) is 1. The normalized spacial score (nSPS) is 25.6. The predicted octanol–water partition coefficient (Wildman–Crippen LogP) is 2.14. The quantitative estimate of drug-likeness (QED) is 0.887. The van der Waals surface area contributed by atoms with Crippen molar-refractivity contribution in [2.75, 3.05) is 20.2 Å². The SMILES string of the molecule is Cc1ccc(C(O)CN(C)C2CCOC2C)cc1. The Morgan fingerprint density at radius 3 is 2.61 bits per heavy atom. The molecule has 1 aliphatic rings. The molecular formula is C15H23NO2. The zero-order valence-corrected chi connectivity index (χ0v) is 11.5. The number of benzene rings is 1. The standard InChI is InChI=1S/C15H23NO2/c1-11-4-6-13(7-5-11)15(17)10-16(3)14-8-9-18-12(14)2/h4-7,12,14-15,17H,8-10H2,1-3H3. The van der Waals surface area contributed by atoms with Gasteiger partial charge in [-0.1, -0.05) is 29.8 Å². The van der Waals surface area contributed by atoms with Crippen LogP contribution in [-0.2, 0) is 4.74 Å². The molecule has 1 aliphatic heterocycles. The van der Waals surface area contributed by atoms with Gasteiger partial charge in [0.05, 0.1) is 12.2 Å². The number of aliphatic hydroxyl groups excluding tert-OH is 1. The number of hydrogen-bond acceptors (Lipinski definition) is 3. The van der Waals surface area contributed by atoms with Gasteiger partial charge in [-0.15, -0.1) is 0 Å². The van der Waals surface area contributed by atoms with E-state index in [0.29, 0.717) is 12.6 Å². The van der Waals surface area contributed by atoms with E-state index in [2.05, 4.69) is 25.8 Å². The average Bonchev–Trinajstić information content (AvgIpc) is 2.76. The maximum absolute atomic E-state index is 10.2. The van der Waals surface area contributed by atoms with E-state index in [1.165, 1.54) is 5.56 Å². The van der Waals surface area contributed by atoms with Crippen molar-refractivity contribution in [3.63, 3.8) is 0 Å². The summed E-state index contributed by atoms with van der Waals surface area (Å²) in [7, 11) is 2.06. The molecule has 3 heteroatoms. The molecule has 1 heterocycles. The van der Waals surface area contributed by atoms with Crippen molar-refractivity contribution in [2.45, 2.75) is 38.5 Å². The van der Waals surface area contributed by atoms with Crippen LogP contribution in [0.25, 0.3) is 0 Å². The summed E-state index contributed by atoms with van der Waals surface area (Å²) < 4.78 is 5.57. The van der Waals surface area contributed by atoms with Gasteiger partial charge in [-0.2, -0.15) is 0 Å². The highest BCUT2D eigenvalue weighted by Gasteiger charge is 2.28. The third-order valence-corrected chi connectivity index (χ3v) is 3.83. The monoisotopic (exact) mass is 249 g/mol. The van der Waals surface area contributed by atoms with Crippen molar-refractivity contribution in [1.82, 2.24) is 4.90 Å². The Hall–Kier alpha value is -0.900. The first-order valence-corrected chi connectivity index (χ1v) is 6.64. The molecule has 0 radical (unpaired) electrons. The van der Waals surface area contributed by atoms with E-state index in [9.17, 15) is 5.11 Å². The van der Waals surface area contributed by atoms with Crippen LogP contribution < -0.4 is 0 Å². The summed E-state index contributed by atoms with van der Waals surface area (Å²) in [5, 5.41) is 10.2. The minimum absolute atomic E-state index is 0.264. The average molecular weight is 249 g/mol. The lowest BCUT2D eigenvalue weighted by Crippen LogP contribution is -2.39. The Morgan fingerprint density at radius 1 is 1.39 bits per heavy atom. The van der Waals surface area contributed by atoms with Crippen molar-refractivity contribution in [3.8, 4) is 0 Å². The summed E-state index contributed by atoms with van der Waals surface area (Å²) in [4.78, 5) is 2.21. The summed E-state index contributed by atoms with van der Waals surface area (Å²) in [6.45, 7) is 5.64. The third kappa shape index (κ3) is 3.10. The number of hydrogen-bond donors (Lipinski definition) is 1. The Bertz CT molecular complexity index is 377. The largest absolute Gasteiger partial charge is 0.387 e. The first-order chi connectivity index (χ1) is 8.58. The Labute approximate surface area is 109 Å². The van der Waals surface area contributed by atoms with Crippen LogP contribution >= 0.6 is 0 Å². The lowest BCUT2D eigenvalue weighted by molar-refractivity contribution is 0.0579. The molecule has 1 fully saturated rings. The zero-order valence-electron chi connectivity index (χ0n) is 11.5. The van der Waals surface area contributed by atoms with Gasteiger partial charge in [-0.05, 0) is 32.9 Å². The molecule has 100 valence electrons. The van der Waals surface area contributed by atoms with E-state index in [1.807, 2.05) is 24.3 Å². The van der Waals surface area contributed by atoms with Crippen LogP contribution in [-0.4, -0.2) is 42.4 Å². The predicted molar refractivity (Wildman–Crippen MR) is 72.6 cm³/mol. The van der Waals surface area contributed by atoms with Crippen LogP contribution in [0.4, 0.5) is 0 Å². The summed E-state index contributed by atoms with van der Waals surface area (Å²) in [5.41, 5.74) is 2.20. The third-order valence-electron chi connectivity index (χ3n) is 3.83. The molecule has 0 aromatic heterocycles. The summed E-state index contributed by atoms with van der Waals surface area (Å²) in [5.74, 6) is 0. The van der Waals surface area contributed by atoms with E-state index in [1.54, 1.807) is 0 Å². The van der Waals surface area contributed by atoms with E-state index >= 15 is 0 Å². The smallest absolute Gasteiger partial charge is 0.0916 e. The van der Waals surface area contributed by atoms with Crippen LogP contribution in [0.1, 0.15) is 30.6 Å². The van der Waals surface area contributed by atoms with Crippen molar-refractivity contribution in [2.24, 2.45) is 0 Å². The summed E-state index contributed by atoms with van der Waals surface area (Å²) >= 11 is 0. The lowest BCUT2D eigenvalue weighted by Gasteiger charge is -2.28. The second kappa shape index (κ2) is 5.83. The Morgan fingerprint density at radius 2 is 2.06 bits per heavy atom. The molecule has 1 N–H and O–H groups in total. The van der Waals surface area contributed by atoms with Crippen LogP contribution in [0.2, 0.25) is 0 Å². The highest BCUT2D eigenvalue weighted by molar-refractivity contribution is 5.23. The highest BCUT2D eigenvalue weighted by Crippen LogP contribution is 2.21.